The number of carbonyl (C=O) groups is 1. The number of hydrogen-bond acceptors (Lipinski definition) is 3. The molecule has 0 aliphatic heterocycles. The van der Waals surface area contributed by atoms with E-state index in [1.807, 2.05) is 24.3 Å². The number of rotatable bonds is 3. The summed E-state index contributed by atoms with van der Waals surface area (Å²) in [4.78, 5) is 16.8. The first-order chi connectivity index (χ1) is 8.92. The van der Waals surface area contributed by atoms with Crippen LogP contribution in [0.1, 0.15) is 24.2 Å². The van der Waals surface area contributed by atoms with E-state index in [1.54, 1.807) is 26.1 Å². The van der Waals surface area contributed by atoms with Crippen molar-refractivity contribution in [2.24, 2.45) is 5.73 Å². The van der Waals surface area contributed by atoms with Gasteiger partial charge in [0.15, 0.2) is 0 Å². The summed E-state index contributed by atoms with van der Waals surface area (Å²) >= 11 is 4.94. The molecule has 3 N–H and O–H groups in total. The third kappa shape index (κ3) is 2.71. The zero-order valence-electron chi connectivity index (χ0n) is 10.8. The maximum Gasteiger partial charge on any atom is 0.254 e. The molecule has 0 bridgehead atoms. The highest BCUT2D eigenvalue weighted by molar-refractivity contribution is 7.80. The number of thiocarbonyl (C=S) groups is 1. The zero-order valence-corrected chi connectivity index (χ0v) is 11.6. The van der Waals surface area contributed by atoms with Gasteiger partial charge in [0.05, 0.1) is 21.6 Å². The molecule has 1 heterocycles. The number of para-hydroxylation sites is 1. The highest BCUT2D eigenvalue weighted by Gasteiger charge is 2.25. The molecule has 98 valence electrons. The van der Waals surface area contributed by atoms with Gasteiger partial charge in [0.25, 0.3) is 5.91 Å². The SMILES string of the molecule is CC(C)(NC(=O)c1cccc2cccnc12)C(N)=S. The van der Waals surface area contributed by atoms with Gasteiger partial charge in [0, 0.05) is 11.6 Å². The minimum Gasteiger partial charge on any atom is -0.391 e. The molecule has 2 aromatic rings. The van der Waals surface area contributed by atoms with Gasteiger partial charge in [-0.1, -0.05) is 30.4 Å². The Kier molecular flexibility index (Phi) is 3.48. The number of aromatic nitrogens is 1. The fourth-order valence-corrected chi connectivity index (χ4v) is 1.75. The largest absolute Gasteiger partial charge is 0.391 e. The van der Waals surface area contributed by atoms with Crippen LogP contribution >= 0.6 is 12.2 Å². The van der Waals surface area contributed by atoms with E-state index in [4.69, 9.17) is 18.0 Å². The van der Waals surface area contributed by atoms with E-state index in [-0.39, 0.29) is 10.9 Å². The van der Waals surface area contributed by atoms with Crippen molar-refractivity contribution in [1.82, 2.24) is 10.3 Å². The van der Waals surface area contributed by atoms with Gasteiger partial charge in [-0.2, -0.15) is 0 Å². The number of benzene rings is 1. The van der Waals surface area contributed by atoms with E-state index >= 15 is 0 Å². The summed E-state index contributed by atoms with van der Waals surface area (Å²) in [5.41, 5.74) is 6.06. The van der Waals surface area contributed by atoms with Crippen molar-refractivity contribution in [3.05, 3.63) is 42.1 Å². The summed E-state index contributed by atoms with van der Waals surface area (Å²) in [6.45, 7) is 3.54. The molecule has 0 radical (unpaired) electrons. The lowest BCUT2D eigenvalue weighted by atomic mass is 10.0. The van der Waals surface area contributed by atoms with Crippen LogP contribution in [-0.2, 0) is 0 Å². The monoisotopic (exact) mass is 273 g/mol. The predicted molar refractivity (Wildman–Crippen MR) is 80.1 cm³/mol. The first-order valence-corrected chi connectivity index (χ1v) is 6.29. The highest BCUT2D eigenvalue weighted by Crippen LogP contribution is 2.16. The molecular weight excluding hydrogens is 258 g/mol. The Hall–Kier alpha value is -2.01. The molecule has 2 rings (SSSR count). The Morgan fingerprint density at radius 3 is 2.68 bits per heavy atom. The number of fused-ring (bicyclic) bond motifs is 1. The van der Waals surface area contributed by atoms with E-state index in [2.05, 4.69) is 10.3 Å². The van der Waals surface area contributed by atoms with Crippen LogP contribution in [0.15, 0.2) is 36.5 Å². The number of carbonyl (C=O) groups excluding carboxylic acids is 1. The van der Waals surface area contributed by atoms with E-state index in [1.165, 1.54) is 0 Å². The number of pyridine rings is 1. The number of nitrogens with one attached hydrogen (secondary N) is 1. The fourth-order valence-electron chi connectivity index (χ4n) is 1.70. The molecule has 0 fully saturated rings. The van der Waals surface area contributed by atoms with E-state index < -0.39 is 5.54 Å². The molecule has 0 saturated heterocycles. The van der Waals surface area contributed by atoms with Gasteiger partial charge in [0.1, 0.15) is 0 Å². The van der Waals surface area contributed by atoms with Crippen LogP contribution in [0.25, 0.3) is 10.9 Å². The second-order valence-electron chi connectivity index (χ2n) is 4.82. The standard InChI is InChI=1S/C14H15N3OS/c1-14(2,13(15)19)17-12(18)10-7-3-5-9-6-4-8-16-11(9)10/h3-8H,1-2H3,(H2,15,19)(H,17,18). The highest BCUT2D eigenvalue weighted by atomic mass is 32.1. The Balaban J connectivity index is 2.40. The Labute approximate surface area is 117 Å². The summed E-state index contributed by atoms with van der Waals surface area (Å²) in [6, 6.07) is 9.23. The summed E-state index contributed by atoms with van der Waals surface area (Å²) in [5, 5.41) is 3.74. The average Bonchev–Trinajstić information content (AvgIpc) is 2.37. The van der Waals surface area contributed by atoms with Crippen molar-refractivity contribution in [2.45, 2.75) is 19.4 Å². The molecule has 4 nitrogen and oxygen atoms in total. The van der Waals surface area contributed by atoms with Gasteiger partial charge in [-0.05, 0) is 26.0 Å². The van der Waals surface area contributed by atoms with Crippen molar-refractivity contribution in [1.29, 1.82) is 0 Å². The first kappa shape index (κ1) is 13.4. The molecule has 0 aliphatic carbocycles. The van der Waals surface area contributed by atoms with Crippen molar-refractivity contribution >= 4 is 34.0 Å². The summed E-state index contributed by atoms with van der Waals surface area (Å²) < 4.78 is 0. The first-order valence-electron chi connectivity index (χ1n) is 5.88. The maximum absolute atomic E-state index is 12.3. The lowest BCUT2D eigenvalue weighted by Gasteiger charge is -2.24. The second-order valence-corrected chi connectivity index (χ2v) is 5.26. The van der Waals surface area contributed by atoms with Crippen LogP contribution in [0.5, 0.6) is 0 Å². The van der Waals surface area contributed by atoms with Gasteiger partial charge >= 0.3 is 0 Å². The van der Waals surface area contributed by atoms with E-state index in [9.17, 15) is 4.79 Å². The minimum atomic E-state index is -0.733. The quantitative estimate of drug-likeness (QED) is 0.840. The smallest absolute Gasteiger partial charge is 0.254 e. The lowest BCUT2D eigenvalue weighted by molar-refractivity contribution is 0.0934. The molecule has 0 saturated carbocycles. The molecule has 0 spiro atoms. The van der Waals surface area contributed by atoms with Gasteiger partial charge in [0.2, 0.25) is 0 Å². The number of nitrogens with two attached hydrogens (primary N) is 1. The summed E-state index contributed by atoms with van der Waals surface area (Å²) in [6.07, 6.45) is 1.66. The molecule has 5 heteroatoms. The third-order valence-electron chi connectivity index (χ3n) is 2.92. The number of nitrogens with zero attached hydrogens (tertiary/aromatic N) is 1. The van der Waals surface area contributed by atoms with E-state index in [0.29, 0.717) is 11.1 Å². The number of amides is 1. The Morgan fingerprint density at radius 2 is 2.00 bits per heavy atom. The molecule has 0 atom stereocenters. The van der Waals surface area contributed by atoms with Crippen LogP contribution in [-0.4, -0.2) is 21.4 Å². The maximum atomic E-state index is 12.3. The van der Waals surface area contributed by atoms with Crippen molar-refractivity contribution in [2.75, 3.05) is 0 Å². The molecule has 1 aromatic heterocycles. The van der Waals surface area contributed by atoms with E-state index in [0.717, 1.165) is 5.39 Å². The Bertz CT molecular complexity index is 647. The molecule has 0 unspecified atom stereocenters. The normalized spacial score (nSPS) is 11.3. The van der Waals surface area contributed by atoms with Crippen LogP contribution in [0.3, 0.4) is 0 Å². The topological polar surface area (TPSA) is 68.0 Å². The summed E-state index contributed by atoms with van der Waals surface area (Å²) in [7, 11) is 0. The number of hydrogen-bond donors (Lipinski definition) is 2. The van der Waals surface area contributed by atoms with Gasteiger partial charge in [-0.25, -0.2) is 0 Å². The van der Waals surface area contributed by atoms with Crippen LogP contribution in [0.2, 0.25) is 0 Å². The molecule has 0 aliphatic rings. The zero-order chi connectivity index (χ0) is 14.0. The summed E-state index contributed by atoms with van der Waals surface area (Å²) in [5.74, 6) is -0.234. The molecule has 19 heavy (non-hydrogen) atoms. The minimum absolute atomic E-state index is 0.234. The van der Waals surface area contributed by atoms with Crippen molar-refractivity contribution < 1.29 is 4.79 Å². The lowest BCUT2D eigenvalue weighted by Crippen LogP contribution is -2.52. The second kappa shape index (κ2) is 4.93. The molecular formula is C14H15N3OS. The predicted octanol–water partition coefficient (Wildman–Crippen LogP) is 2.03. The van der Waals surface area contributed by atoms with Crippen molar-refractivity contribution in [3.63, 3.8) is 0 Å². The van der Waals surface area contributed by atoms with Crippen LogP contribution in [0, 0.1) is 0 Å². The molecule has 1 amide bonds. The fraction of sp³-hybridized carbons (Fsp3) is 0.214. The average molecular weight is 273 g/mol. The van der Waals surface area contributed by atoms with Gasteiger partial charge in [-0.15, -0.1) is 0 Å². The Morgan fingerprint density at radius 1 is 1.32 bits per heavy atom. The van der Waals surface area contributed by atoms with Gasteiger partial charge in [-0.3, -0.25) is 9.78 Å². The molecule has 1 aromatic carbocycles. The third-order valence-corrected chi connectivity index (χ3v) is 3.43. The van der Waals surface area contributed by atoms with Gasteiger partial charge < -0.3 is 11.1 Å². The van der Waals surface area contributed by atoms with Crippen LogP contribution in [0.4, 0.5) is 0 Å². The van der Waals surface area contributed by atoms with Crippen LogP contribution < -0.4 is 11.1 Å². The van der Waals surface area contributed by atoms with Crippen molar-refractivity contribution in [3.8, 4) is 0 Å².